The summed E-state index contributed by atoms with van der Waals surface area (Å²) in [5, 5.41) is 10.2. The normalized spacial score (nSPS) is 25.7. The summed E-state index contributed by atoms with van der Waals surface area (Å²) in [4.78, 5) is 1.41. The molecular weight excluding hydrogens is 216 g/mol. The van der Waals surface area contributed by atoms with Gasteiger partial charge in [-0.1, -0.05) is 17.7 Å². The lowest BCUT2D eigenvalue weighted by Crippen LogP contribution is -2.19. The van der Waals surface area contributed by atoms with Crippen molar-refractivity contribution in [2.24, 2.45) is 0 Å². The van der Waals surface area contributed by atoms with E-state index < -0.39 is 0 Å². The molecule has 0 atom stereocenters. The van der Waals surface area contributed by atoms with Gasteiger partial charge in [0.25, 0.3) is 0 Å². The van der Waals surface area contributed by atoms with Crippen molar-refractivity contribution in [1.82, 2.24) is 0 Å². The van der Waals surface area contributed by atoms with E-state index in [1.54, 1.807) is 0 Å². The maximum atomic E-state index is 9.47. The molecular formula is C14H20OS. The van der Waals surface area contributed by atoms with Crippen molar-refractivity contribution in [2.75, 3.05) is 0 Å². The van der Waals surface area contributed by atoms with Gasteiger partial charge in [-0.15, -0.1) is 11.8 Å². The molecule has 0 bridgehead atoms. The Morgan fingerprint density at radius 2 is 1.81 bits per heavy atom. The zero-order chi connectivity index (χ0) is 11.5. The topological polar surface area (TPSA) is 20.2 Å². The molecule has 0 amide bonds. The van der Waals surface area contributed by atoms with Gasteiger partial charge < -0.3 is 5.11 Å². The zero-order valence-electron chi connectivity index (χ0n) is 10.1. The van der Waals surface area contributed by atoms with E-state index in [0.717, 1.165) is 25.7 Å². The molecule has 2 heteroatoms. The number of rotatable bonds is 2. The predicted molar refractivity (Wildman–Crippen MR) is 70.0 cm³/mol. The van der Waals surface area contributed by atoms with E-state index in [2.05, 4.69) is 32.0 Å². The Kier molecular flexibility index (Phi) is 3.93. The van der Waals surface area contributed by atoms with Crippen LogP contribution in [0.1, 0.15) is 36.8 Å². The summed E-state index contributed by atoms with van der Waals surface area (Å²) in [5.41, 5.74) is 2.72. The second-order valence-corrected chi connectivity index (χ2v) is 6.16. The van der Waals surface area contributed by atoms with E-state index in [1.165, 1.54) is 16.0 Å². The minimum atomic E-state index is -0.0454. The standard InChI is InChI=1S/C14H20OS/c1-10-3-8-14(11(2)9-10)16-13-6-4-12(15)5-7-13/h3,8-9,12-13,15H,4-7H2,1-2H3. The average Bonchev–Trinajstić information content (AvgIpc) is 2.25. The highest BCUT2D eigenvalue weighted by Gasteiger charge is 2.20. The van der Waals surface area contributed by atoms with Crippen LogP contribution < -0.4 is 0 Å². The van der Waals surface area contributed by atoms with Crippen molar-refractivity contribution in [3.05, 3.63) is 29.3 Å². The van der Waals surface area contributed by atoms with Crippen LogP contribution >= 0.6 is 11.8 Å². The van der Waals surface area contributed by atoms with Crippen LogP contribution in [-0.2, 0) is 0 Å². The molecule has 0 spiro atoms. The van der Waals surface area contributed by atoms with Crippen LogP contribution in [0.3, 0.4) is 0 Å². The average molecular weight is 236 g/mol. The van der Waals surface area contributed by atoms with E-state index in [-0.39, 0.29) is 6.10 Å². The Morgan fingerprint density at radius 3 is 2.44 bits per heavy atom. The fourth-order valence-corrected chi connectivity index (χ4v) is 3.53. The molecule has 1 nitrogen and oxygen atoms in total. The molecule has 0 aromatic heterocycles. The molecule has 88 valence electrons. The summed E-state index contributed by atoms with van der Waals surface area (Å²) in [6.07, 6.45) is 4.21. The maximum absolute atomic E-state index is 9.47. The first-order valence-corrected chi connectivity index (χ1v) is 6.95. The zero-order valence-corrected chi connectivity index (χ0v) is 10.9. The number of thioether (sulfide) groups is 1. The van der Waals surface area contributed by atoms with E-state index in [1.807, 2.05) is 11.8 Å². The molecule has 1 aromatic rings. The molecule has 0 unspecified atom stereocenters. The van der Waals surface area contributed by atoms with Crippen LogP contribution in [0.15, 0.2) is 23.1 Å². The molecule has 1 aromatic carbocycles. The van der Waals surface area contributed by atoms with E-state index in [4.69, 9.17) is 0 Å². The van der Waals surface area contributed by atoms with Gasteiger partial charge in [0.15, 0.2) is 0 Å². The smallest absolute Gasteiger partial charge is 0.0541 e. The van der Waals surface area contributed by atoms with Crippen molar-refractivity contribution in [1.29, 1.82) is 0 Å². The Labute approximate surface area is 102 Å². The highest BCUT2D eigenvalue weighted by molar-refractivity contribution is 8.00. The molecule has 0 heterocycles. The first-order valence-electron chi connectivity index (χ1n) is 6.07. The van der Waals surface area contributed by atoms with Crippen molar-refractivity contribution in [3.8, 4) is 0 Å². The summed E-state index contributed by atoms with van der Waals surface area (Å²) < 4.78 is 0. The summed E-state index contributed by atoms with van der Waals surface area (Å²) in [6.45, 7) is 4.32. The molecule has 0 saturated heterocycles. The van der Waals surface area contributed by atoms with Crippen LogP contribution in [0.4, 0.5) is 0 Å². The first kappa shape index (κ1) is 12.0. The maximum Gasteiger partial charge on any atom is 0.0541 e. The molecule has 1 aliphatic carbocycles. The third-order valence-corrected chi connectivity index (χ3v) is 4.78. The highest BCUT2D eigenvalue weighted by atomic mass is 32.2. The Bertz CT molecular complexity index is 354. The van der Waals surface area contributed by atoms with Gasteiger partial charge in [-0.2, -0.15) is 0 Å². The van der Waals surface area contributed by atoms with Crippen molar-refractivity contribution < 1.29 is 5.11 Å². The van der Waals surface area contributed by atoms with Gasteiger partial charge in [0.1, 0.15) is 0 Å². The second kappa shape index (κ2) is 5.24. The second-order valence-electron chi connectivity index (χ2n) is 4.82. The van der Waals surface area contributed by atoms with Gasteiger partial charge >= 0.3 is 0 Å². The number of hydrogen-bond donors (Lipinski definition) is 1. The molecule has 16 heavy (non-hydrogen) atoms. The van der Waals surface area contributed by atoms with Crippen molar-refractivity contribution >= 4 is 11.8 Å². The summed E-state index contributed by atoms with van der Waals surface area (Å²) in [7, 11) is 0. The Balaban J connectivity index is 1.98. The quantitative estimate of drug-likeness (QED) is 0.845. The van der Waals surface area contributed by atoms with Gasteiger partial charge in [0, 0.05) is 10.1 Å². The van der Waals surface area contributed by atoms with Crippen LogP contribution in [0, 0.1) is 13.8 Å². The van der Waals surface area contributed by atoms with Gasteiger partial charge in [0.05, 0.1) is 6.10 Å². The summed E-state index contributed by atoms with van der Waals surface area (Å²) in [6, 6.07) is 6.67. The highest BCUT2D eigenvalue weighted by Crippen LogP contribution is 2.35. The van der Waals surface area contributed by atoms with Gasteiger partial charge in [-0.3, -0.25) is 0 Å². The van der Waals surface area contributed by atoms with Crippen LogP contribution in [0.25, 0.3) is 0 Å². The molecule has 0 aliphatic heterocycles. The lowest BCUT2D eigenvalue weighted by molar-refractivity contribution is 0.132. The lowest BCUT2D eigenvalue weighted by atomic mass is 9.97. The molecule has 2 rings (SSSR count). The van der Waals surface area contributed by atoms with Crippen molar-refractivity contribution in [3.63, 3.8) is 0 Å². The van der Waals surface area contributed by atoms with Crippen LogP contribution in [-0.4, -0.2) is 16.5 Å². The summed E-state index contributed by atoms with van der Waals surface area (Å²) >= 11 is 1.99. The minimum absolute atomic E-state index is 0.0454. The summed E-state index contributed by atoms with van der Waals surface area (Å²) in [5.74, 6) is 0. The third kappa shape index (κ3) is 3.02. The van der Waals surface area contributed by atoms with Crippen molar-refractivity contribution in [2.45, 2.75) is 55.8 Å². The molecule has 1 saturated carbocycles. The molecule has 0 radical (unpaired) electrons. The monoisotopic (exact) mass is 236 g/mol. The van der Waals surface area contributed by atoms with E-state index in [0.29, 0.717) is 5.25 Å². The Morgan fingerprint density at radius 1 is 1.12 bits per heavy atom. The van der Waals surface area contributed by atoms with E-state index >= 15 is 0 Å². The van der Waals surface area contributed by atoms with Gasteiger partial charge in [0.2, 0.25) is 0 Å². The number of aliphatic hydroxyl groups excluding tert-OH is 1. The fraction of sp³-hybridized carbons (Fsp3) is 0.571. The van der Waals surface area contributed by atoms with E-state index in [9.17, 15) is 5.11 Å². The number of aryl methyl sites for hydroxylation is 2. The molecule has 1 N–H and O–H groups in total. The Hall–Kier alpha value is -0.470. The first-order chi connectivity index (χ1) is 7.65. The SMILES string of the molecule is Cc1ccc(SC2CCC(O)CC2)c(C)c1. The number of aliphatic hydroxyl groups is 1. The van der Waals surface area contributed by atoms with Gasteiger partial charge in [-0.25, -0.2) is 0 Å². The fourth-order valence-electron chi connectivity index (χ4n) is 2.27. The minimum Gasteiger partial charge on any atom is -0.393 e. The third-order valence-electron chi connectivity index (χ3n) is 3.27. The largest absolute Gasteiger partial charge is 0.393 e. The number of hydrogen-bond acceptors (Lipinski definition) is 2. The van der Waals surface area contributed by atoms with Crippen LogP contribution in [0.5, 0.6) is 0 Å². The predicted octanol–water partition coefficient (Wildman–Crippen LogP) is 3.70. The molecule has 1 aliphatic rings. The van der Waals surface area contributed by atoms with Crippen LogP contribution in [0.2, 0.25) is 0 Å². The molecule has 1 fully saturated rings. The lowest BCUT2D eigenvalue weighted by Gasteiger charge is -2.25. The number of benzene rings is 1. The van der Waals surface area contributed by atoms with Gasteiger partial charge in [-0.05, 0) is 51.2 Å².